The van der Waals surface area contributed by atoms with Crippen molar-refractivity contribution in [2.24, 2.45) is 0 Å². The van der Waals surface area contributed by atoms with E-state index in [9.17, 15) is 4.79 Å². The van der Waals surface area contributed by atoms with Gasteiger partial charge in [-0.25, -0.2) is 0 Å². The summed E-state index contributed by atoms with van der Waals surface area (Å²) in [6.45, 7) is 5.50. The van der Waals surface area contributed by atoms with Crippen molar-refractivity contribution < 1.29 is 23.4 Å². The zero-order valence-electron chi connectivity index (χ0n) is 16.4. The topological polar surface area (TPSA) is 69.9 Å². The Morgan fingerprint density at radius 3 is 2.54 bits per heavy atom. The highest BCUT2D eigenvalue weighted by molar-refractivity contribution is 5.97. The van der Waals surface area contributed by atoms with E-state index in [0.717, 1.165) is 22.4 Å². The number of hydrogen-bond donors (Lipinski definition) is 1. The molecule has 148 valence electrons. The van der Waals surface area contributed by atoms with Crippen LogP contribution in [0.2, 0.25) is 0 Å². The van der Waals surface area contributed by atoms with Crippen LogP contribution in [-0.4, -0.2) is 32.8 Å². The third-order valence-corrected chi connectivity index (χ3v) is 4.26. The summed E-state index contributed by atoms with van der Waals surface area (Å²) >= 11 is 0. The van der Waals surface area contributed by atoms with E-state index in [1.54, 1.807) is 19.2 Å². The standard InChI is InChI=1S/C22H25NO5/c1-4-26-17-10-9-15(13-19(17)27-5-2)11-12-23-22(24)20-14-16-7-6-8-18(25-3)21(16)28-20/h6-10,13-14H,4-5,11-12H2,1-3H3,(H,23,24). The summed E-state index contributed by atoms with van der Waals surface area (Å²) in [5.41, 5.74) is 1.63. The molecule has 3 aromatic rings. The van der Waals surface area contributed by atoms with Crippen molar-refractivity contribution >= 4 is 16.9 Å². The predicted octanol–water partition coefficient (Wildman–Crippen LogP) is 4.21. The number of nitrogens with one attached hydrogen (secondary N) is 1. The Hall–Kier alpha value is -3.15. The second kappa shape index (κ2) is 9.17. The van der Waals surface area contributed by atoms with Crippen molar-refractivity contribution in [1.29, 1.82) is 0 Å². The maximum Gasteiger partial charge on any atom is 0.287 e. The van der Waals surface area contributed by atoms with Gasteiger partial charge >= 0.3 is 0 Å². The zero-order chi connectivity index (χ0) is 19.9. The van der Waals surface area contributed by atoms with Crippen LogP contribution in [0.1, 0.15) is 30.0 Å². The largest absolute Gasteiger partial charge is 0.493 e. The smallest absolute Gasteiger partial charge is 0.287 e. The highest BCUT2D eigenvalue weighted by Gasteiger charge is 2.14. The Labute approximate surface area is 164 Å². The highest BCUT2D eigenvalue weighted by Crippen LogP contribution is 2.29. The van der Waals surface area contributed by atoms with Gasteiger partial charge in [-0.15, -0.1) is 0 Å². The number of rotatable bonds is 9. The summed E-state index contributed by atoms with van der Waals surface area (Å²) < 4.78 is 22.2. The van der Waals surface area contributed by atoms with Gasteiger partial charge in [-0.05, 0) is 50.1 Å². The Morgan fingerprint density at radius 1 is 1.00 bits per heavy atom. The molecule has 1 amide bonds. The fourth-order valence-electron chi connectivity index (χ4n) is 2.97. The molecule has 1 heterocycles. The molecule has 6 heteroatoms. The number of para-hydroxylation sites is 1. The lowest BCUT2D eigenvalue weighted by Crippen LogP contribution is -2.25. The monoisotopic (exact) mass is 383 g/mol. The van der Waals surface area contributed by atoms with Crippen molar-refractivity contribution in [3.05, 3.63) is 53.8 Å². The molecule has 1 N–H and O–H groups in total. The van der Waals surface area contributed by atoms with Crippen LogP contribution in [0.15, 0.2) is 46.9 Å². The minimum Gasteiger partial charge on any atom is -0.493 e. The van der Waals surface area contributed by atoms with E-state index in [4.69, 9.17) is 18.6 Å². The molecule has 0 spiro atoms. The molecule has 0 aliphatic rings. The summed E-state index contributed by atoms with van der Waals surface area (Å²) in [5, 5.41) is 3.72. The van der Waals surface area contributed by atoms with Crippen LogP contribution in [0.4, 0.5) is 0 Å². The van der Waals surface area contributed by atoms with Crippen LogP contribution >= 0.6 is 0 Å². The first-order chi connectivity index (χ1) is 13.7. The number of carbonyl (C=O) groups excluding carboxylic acids is 1. The molecule has 0 aliphatic heterocycles. The first-order valence-electron chi connectivity index (χ1n) is 9.39. The molecule has 0 unspecified atom stereocenters. The van der Waals surface area contributed by atoms with E-state index >= 15 is 0 Å². The van der Waals surface area contributed by atoms with E-state index < -0.39 is 0 Å². The summed E-state index contributed by atoms with van der Waals surface area (Å²) in [4.78, 5) is 12.4. The Bertz CT molecular complexity index is 947. The number of benzene rings is 2. The zero-order valence-corrected chi connectivity index (χ0v) is 16.4. The molecule has 2 aromatic carbocycles. The Balaban J connectivity index is 1.63. The fourth-order valence-corrected chi connectivity index (χ4v) is 2.97. The molecule has 0 saturated carbocycles. The molecule has 0 aliphatic carbocycles. The molecule has 0 atom stereocenters. The van der Waals surface area contributed by atoms with Gasteiger partial charge in [0.15, 0.2) is 28.6 Å². The lowest BCUT2D eigenvalue weighted by atomic mass is 10.1. The van der Waals surface area contributed by atoms with Gasteiger partial charge in [-0.2, -0.15) is 0 Å². The molecule has 0 bridgehead atoms. The Morgan fingerprint density at radius 2 is 1.79 bits per heavy atom. The quantitative estimate of drug-likeness (QED) is 0.599. The molecule has 0 fully saturated rings. The van der Waals surface area contributed by atoms with Crippen molar-refractivity contribution in [1.82, 2.24) is 5.32 Å². The Kier molecular flexibility index (Phi) is 6.42. The second-order valence-electron chi connectivity index (χ2n) is 6.14. The lowest BCUT2D eigenvalue weighted by molar-refractivity contribution is 0.0928. The van der Waals surface area contributed by atoms with Crippen LogP contribution in [0.5, 0.6) is 17.2 Å². The van der Waals surface area contributed by atoms with Gasteiger partial charge in [0.25, 0.3) is 5.91 Å². The highest BCUT2D eigenvalue weighted by atomic mass is 16.5. The van der Waals surface area contributed by atoms with Crippen LogP contribution in [0.3, 0.4) is 0 Å². The van der Waals surface area contributed by atoms with Crippen LogP contribution < -0.4 is 19.5 Å². The van der Waals surface area contributed by atoms with E-state index in [-0.39, 0.29) is 11.7 Å². The predicted molar refractivity (Wildman–Crippen MR) is 108 cm³/mol. The van der Waals surface area contributed by atoms with E-state index in [1.807, 2.05) is 44.2 Å². The number of fused-ring (bicyclic) bond motifs is 1. The molecule has 0 radical (unpaired) electrons. The summed E-state index contributed by atoms with van der Waals surface area (Å²) in [6.07, 6.45) is 0.668. The van der Waals surface area contributed by atoms with Gasteiger partial charge in [0.05, 0.1) is 20.3 Å². The van der Waals surface area contributed by atoms with E-state index in [0.29, 0.717) is 37.5 Å². The lowest BCUT2D eigenvalue weighted by Gasteiger charge is -2.12. The number of hydrogen-bond acceptors (Lipinski definition) is 5. The van der Waals surface area contributed by atoms with Crippen molar-refractivity contribution in [3.8, 4) is 17.2 Å². The molecule has 28 heavy (non-hydrogen) atoms. The number of furan rings is 1. The van der Waals surface area contributed by atoms with Crippen LogP contribution in [0.25, 0.3) is 11.0 Å². The van der Waals surface area contributed by atoms with E-state index in [1.165, 1.54) is 0 Å². The van der Waals surface area contributed by atoms with Gasteiger partial charge in [0, 0.05) is 11.9 Å². The SMILES string of the molecule is CCOc1ccc(CCNC(=O)c2cc3cccc(OC)c3o2)cc1OCC. The van der Waals surface area contributed by atoms with Crippen LogP contribution in [-0.2, 0) is 6.42 Å². The number of ether oxygens (including phenoxy) is 3. The third kappa shape index (κ3) is 4.39. The summed E-state index contributed by atoms with van der Waals surface area (Å²) in [7, 11) is 1.57. The van der Waals surface area contributed by atoms with E-state index in [2.05, 4.69) is 5.32 Å². The normalized spacial score (nSPS) is 10.7. The minimum absolute atomic E-state index is 0.255. The number of carbonyl (C=O) groups is 1. The molecular formula is C22H25NO5. The molecule has 3 rings (SSSR count). The van der Waals surface area contributed by atoms with Gasteiger partial charge in [-0.3, -0.25) is 4.79 Å². The number of amides is 1. The maximum absolute atomic E-state index is 12.4. The first-order valence-corrected chi connectivity index (χ1v) is 9.39. The van der Waals surface area contributed by atoms with Crippen molar-refractivity contribution in [2.45, 2.75) is 20.3 Å². The summed E-state index contributed by atoms with van der Waals surface area (Å²) in [6, 6.07) is 13.1. The summed E-state index contributed by atoms with van der Waals surface area (Å²) in [5.74, 6) is 2.07. The molecular weight excluding hydrogens is 358 g/mol. The van der Waals surface area contributed by atoms with Crippen LogP contribution in [0, 0.1) is 0 Å². The van der Waals surface area contributed by atoms with Gasteiger partial charge < -0.3 is 23.9 Å². The molecule has 1 aromatic heterocycles. The molecule has 6 nitrogen and oxygen atoms in total. The average Bonchev–Trinajstić information content (AvgIpc) is 3.14. The van der Waals surface area contributed by atoms with Gasteiger partial charge in [0.1, 0.15) is 0 Å². The maximum atomic E-state index is 12.4. The fraction of sp³-hybridized carbons (Fsp3) is 0.318. The van der Waals surface area contributed by atoms with Crippen molar-refractivity contribution in [3.63, 3.8) is 0 Å². The van der Waals surface area contributed by atoms with Gasteiger partial charge in [0.2, 0.25) is 0 Å². The van der Waals surface area contributed by atoms with Gasteiger partial charge in [-0.1, -0.05) is 18.2 Å². The second-order valence-corrected chi connectivity index (χ2v) is 6.14. The first kappa shape index (κ1) is 19.6. The minimum atomic E-state index is -0.255. The molecule has 0 saturated heterocycles. The third-order valence-electron chi connectivity index (χ3n) is 4.26. The number of methoxy groups -OCH3 is 1. The van der Waals surface area contributed by atoms with Crippen molar-refractivity contribution in [2.75, 3.05) is 26.9 Å². The average molecular weight is 383 g/mol.